The Morgan fingerprint density at radius 2 is 1.62 bits per heavy atom. The fourth-order valence-electron chi connectivity index (χ4n) is 3.15. The second-order valence-electron chi connectivity index (χ2n) is 6.95. The minimum atomic E-state index is -4.52. The molecule has 0 spiro atoms. The van der Waals surface area contributed by atoms with Crippen LogP contribution in [-0.2, 0) is 15.8 Å². The molecule has 8 heteroatoms. The minimum absolute atomic E-state index is 0.00396. The Balaban J connectivity index is 1.53. The molecule has 0 radical (unpaired) electrons. The number of hydrogen-bond acceptors (Lipinski definition) is 3. The predicted octanol–water partition coefficient (Wildman–Crippen LogP) is 4.61. The molecule has 2 aromatic carbocycles. The molecule has 148 valence electrons. The molecule has 2 N–H and O–H groups in total. The van der Waals surface area contributed by atoms with E-state index < -0.39 is 29.0 Å². The zero-order valence-electron chi connectivity index (χ0n) is 15.1. The van der Waals surface area contributed by atoms with Gasteiger partial charge >= 0.3 is 6.18 Å². The summed E-state index contributed by atoms with van der Waals surface area (Å²) in [5, 5.41) is 6.03. The summed E-state index contributed by atoms with van der Waals surface area (Å²) in [4.78, 5) is 29.8. The highest BCUT2D eigenvalue weighted by Gasteiger charge is 2.56. The zero-order valence-corrected chi connectivity index (χ0v) is 15.1. The number of nitrogens with one attached hydrogen (secondary N) is 2. The molecule has 0 aliphatic heterocycles. The maximum atomic E-state index is 12.9. The fraction of sp³-hybridized carbons (Fsp3) is 0.190. The van der Waals surface area contributed by atoms with Crippen molar-refractivity contribution in [3.05, 3.63) is 66.4 Å². The number of amides is 2. The quantitative estimate of drug-likeness (QED) is 0.630. The van der Waals surface area contributed by atoms with Crippen LogP contribution < -0.4 is 10.6 Å². The molecule has 1 aliphatic carbocycles. The molecular weight excluding hydrogens is 383 g/mol. The molecule has 0 unspecified atom stereocenters. The summed E-state index contributed by atoms with van der Waals surface area (Å²) in [5.74, 6) is -1.12. The van der Waals surface area contributed by atoms with E-state index in [9.17, 15) is 22.8 Å². The number of hydrogen-bond donors (Lipinski definition) is 2. The van der Waals surface area contributed by atoms with E-state index in [4.69, 9.17) is 0 Å². The highest BCUT2D eigenvalue weighted by molar-refractivity contribution is 6.18. The van der Waals surface area contributed by atoms with Crippen molar-refractivity contribution in [1.82, 2.24) is 4.98 Å². The summed E-state index contributed by atoms with van der Waals surface area (Å²) in [5.41, 5.74) is -1.10. The molecule has 1 aromatic heterocycles. The second-order valence-corrected chi connectivity index (χ2v) is 6.95. The average molecular weight is 399 g/mol. The summed E-state index contributed by atoms with van der Waals surface area (Å²) in [6.07, 6.45) is -2.27. The third-order valence-electron chi connectivity index (χ3n) is 4.95. The van der Waals surface area contributed by atoms with Crippen molar-refractivity contribution < 1.29 is 22.8 Å². The van der Waals surface area contributed by atoms with Crippen LogP contribution in [0.4, 0.5) is 24.5 Å². The molecule has 1 fully saturated rings. The van der Waals surface area contributed by atoms with Crippen LogP contribution in [0.3, 0.4) is 0 Å². The van der Waals surface area contributed by atoms with Gasteiger partial charge in [-0.1, -0.05) is 24.3 Å². The van der Waals surface area contributed by atoms with Crippen molar-refractivity contribution in [2.75, 3.05) is 10.6 Å². The molecule has 1 saturated carbocycles. The van der Waals surface area contributed by atoms with Gasteiger partial charge in [0.1, 0.15) is 5.41 Å². The molecule has 3 aromatic rings. The van der Waals surface area contributed by atoms with Gasteiger partial charge in [0, 0.05) is 17.3 Å². The number of para-hydroxylation sites is 1. The van der Waals surface area contributed by atoms with E-state index in [1.165, 1.54) is 12.1 Å². The Morgan fingerprint density at radius 3 is 2.34 bits per heavy atom. The Hall–Kier alpha value is -3.42. The van der Waals surface area contributed by atoms with E-state index in [0.717, 1.165) is 17.5 Å². The van der Waals surface area contributed by atoms with Crippen molar-refractivity contribution in [2.45, 2.75) is 19.0 Å². The molecule has 29 heavy (non-hydrogen) atoms. The first kappa shape index (κ1) is 18.9. The standard InChI is InChI=1S/C21H16F3N3O2/c22-21(23,24)14-6-2-7-15(12-14)26-18(28)20(9-10-20)19(29)27-16-8-1-4-13-5-3-11-25-17(13)16/h1-8,11-12H,9-10H2,(H,26,28)(H,27,29). The third kappa shape index (κ3) is 3.65. The Labute approximate surface area is 163 Å². The zero-order chi connectivity index (χ0) is 20.6. The van der Waals surface area contributed by atoms with E-state index in [1.807, 2.05) is 12.1 Å². The number of carbonyl (C=O) groups is 2. The van der Waals surface area contributed by atoms with Gasteiger partial charge in [0.05, 0.1) is 16.8 Å². The van der Waals surface area contributed by atoms with Crippen LogP contribution in [-0.4, -0.2) is 16.8 Å². The van der Waals surface area contributed by atoms with E-state index in [-0.39, 0.29) is 5.69 Å². The number of anilines is 2. The molecule has 0 atom stereocenters. The number of pyridine rings is 1. The molecule has 2 amide bonds. The molecule has 1 aliphatic rings. The van der Waals surface area contributed by atoms with E-state index in [1.54, 1.807) is 24.4 Å². The predicted molar refractivity (Wildman–Crippen MR) is 102 cm³/mol. The van der Waals surface area contributed by atoms with Gasteiger partial charge in [-0.15, -0.1) is 0 Å². The topological polar surface area (TPSA) is 71.1 Å². The Kier molecular flexibility index (Phi) is 4.49. The lowest BCUT2D eigenvalue weighted by Crippen LogP contribution is -2.35. The largest absolute Gasteiger partial charge is 0.416 e. The third-order valence-corrected chi connectivity index (χ3v) is 4.95. The van der Waals surface area contributed by atoms with Crippen LogP contribution in [0.1, 0.15) is 18.4 Å². The lowest BCUT2D eigenvalue weighted by molar-refractivity contribution is -0.137. The average Bonchev–Trinajstić information content (AvgIpc) is 3.50. The molecule has 5 nitrogen and oxygen atoms in total. The number of carbonyl (C=O) groups excluding carboxylic acids is 2. The van der Waals surface area contributed by atoms with Gasteiger partial charge in [0.2, 0.25) is 11.8 Å². The summed E-state index contributed by atoms with van der Waals surface area (Å²) < 4.78 is 38.6. The number of nitrogens with zero attached hydrogens (tertiary/aromatic N) is 1. The molecule has 1 heterocycles. The van der Waals surface area contributed by atoms with Gasteiger partial charge in [-0.2, -0.15) is 13.2 Å². The number of aromatic nitrogens is 1. The summed E-state index contributed by atoms with van der Waals surface area (Å²) in [6.45, 7) is 0. The Bertz CT molecular complexity index is 1100. The first-order chi connectivity index (χ1) is 13.8. The van der Waals surface area contributed by atoms with Gasteiger partial charge in [0.15, 0.2) is 0 Å². The fourth-order valence-corrected chi connectivity index (χ4v) is 3.15. The van der Waals surface area contributed by atoms with E-state index >= 15 is 0 Å². The molecule has 0 saturated heterocycles. The smallest absolute Gasteiger partial charge is 0.325 e. The van der Waals surface area contributed by atoms with Gasteiger partial charge in [-0.05, 0) is 43.2 Å². The van der Waals surface area contributed by atoms with Gasteiger partial charge in [-0.25, -0.2) is 0 Å². The van der Waals surface area contributed by atoms with Gasteiger partial charge in [0.25, 0.3) is 0 Å². The van der Waals surface area contributed by atoms with Crippen molar-refractivity contribution in [3.8, 4) is 0 Å². The summed E-state index contributed by atoms with van der Waals surface area (Å²) in [7, 11) is 0. The number of benzene rings is 2. The number of rotatable bonds is 4. The number of alkyl halides is 3. The van der Waals surface area contributed by atoms with Crippen molar-refractivity contribution in [2.24, 2.45) is 5.41 Å². The maximum absolute atomic E-state index is 12.9. The number of fused-ring (bicyclic) bond motifs is 1. The number of halogens is 3. The minimum Gasteiger partial charge on any atom is -0.325 e. The van der Waals surface area contributed by atoms with Crippen LogP contribution in [0, 0.1) is 5.41 Å². The lowest BCUT2D eigenvalue weighted by atomic mass is 10.0. The first-order valence-corrected chi connectivity index (χ1v) is 8.93. The Morgan fingerprint density at radius 1 is 0.931 bits per heavy atom. The molecular formula is C21H16F3N3O2. The van der Waals surface area contributed by atoms with Gasteiger partial charge < -0.3 is 10.6 Å². The SMILES string of the molecule is O=C(Nc1cccc(C(F)(F)F)c1)C1(C(=O)Nc2cccc3cccnc23)CC1. The van der Waals surface area contributed by atoms with Crippen LogP contribution in [0.15, 0.2) is 60.8 Å². The highest BCUT2D eigenvalue weighted by atomic mass is 19.4. The summed E-state index contributed by atoms with van der Waals surface area (Å²) in [6, 6.07) is 13.3. The van der Waals surface area contributed by atoms with Crippen molar-refractivity contribution in [1.29, 1.82) is 0 Å². The maximum Gasteiger partial charge on any atom is 0.416 e. The second kappa shape index (κ2) is 6.88. The van der Waals surface area contributed by atoms with E-state index in [2.05, 4.69) is 15.6 Å². The van der Waals surface area contributed by atoms with Crippen LogP contribution in [0.5, 0.6) is 0 Å². The van der Waals surface area contributed by atoms with Gasteiger partial charge in [-0.3, -0.25) is 14.6 Å². The van der Waals surface area contributed by atoms with Crippen molar-refractivity contribution >= 4 is 34.1 Å². The van der Waals surface area contributed by atoms with Crippen LogP contribution in [0.2, 0.25) is 0 Å². The normalized spacial score (nSPS) is 15.0. The first-order valence-electron chi connectivity index (χ1n) is 8.93. The van der Waals surface area contributed by atoms with Crippen LogP contribution in [0.25, 0.3) is 10.9 Å². The molecule has 4 rings (SSSR count). The van der Waals surface area contributed by atoms with Crippen molar-refractivity contribution in [3.63, 3.8) is 0 Å². The highest BCUT2D eigenvalue weighted by Crippen LogP contribution is 2.48. The summed E-state index contributed by atoms with van der Waals surface area (Å²) >= 11 is 0. The molecule has 0 bridgehead atoms. The monoisotopic (exact) mass is 399 g/mol. The van der Waals surface area contributed by atoms with E-state index in [0.29, 0.717) is 24.0 Å². The lowest BCUT2D eigenvalue weighted by Gasteiger charge is -2.17. The van der Waals surface area contributed by atoms with Crippen LogP contribution >= 0.6 is 0 Å².